The lowest BCUT2D eigenvalue weighted by Crippen LogP contribution is -2.86. The second-order valence-corrected chi connectivity index (χ2v) is 9.94. The van der Waals surface area contributed by atoms with Crippen LogP contribution in [0.5, 0.6) is 0 Å². The number of esters is 1. The third-order valence-corrected chi connectivity index (χ3v) is 9.13. The molecule has 2 saturated heterocycles. The van der Waals surface area contributed by atoms with Crippen molar-refractivity contribution >= 4 is 5.97 Å². The van der Waals surface area contributed by atoms with Crippen molar-refractivity contribution in [3.05, 3.63) is 11.6 Å². The van der Waals surface area contributed by atoms with Crippen LogP contribution in [0.15, 0.2) is 11.6 Å². The van der Waals surface area contributed by atoms with Crippen molar-refractivity contribution in [2.75, 3.05) is 6.61 Å². The summed E-state index contributed by atoms with van der Waals surface area (Å²) in [5.74, 6) is -2.42. The average molecular weight is 412 g/mol. The minimum absolute atomic E-state index is 0.179. The van der Waals surface area contributed by atoms with E-state index in [-0.39, 0.29) is 18.9 Å². The maximum Gasteiger partial charge on any atom is 0.338 e. The number of allylic oxidation sites excluding steroid dienone is 1. The Kier molecular flexibility index (Phi) is 3.70. The van der Waals surface area contributed by atoms with Crippen LogP contribution in [0.4, 0.5) is 0 Å². The van der Waals surface area contributed by atoms with E-state index in [2.05, 4.69) is 0 Å². The first-order valence-electron chi connectivity index (χ1n) is 10.0. The van der Waals surface area contributed by atoms with E-state index in [0.29, 0.717) is 0 Å². The van der Waals surface area contributed by atoms with E-state index in [4.69, 9.17) is 9.47 Å². The summed E-state index contributed by atoms with van der Waals surface area (Å²) in [6.07, 6.45) is -6.71. The van der Waals surface area contributed by atoms with Gasteiger partial charge in [0.2, 0.25) is 0 Å². The fourth-order valence-electron chi connectivity index (χ4n) is 7.72. The highest BCUT2D eigenvalue weighted by molar-refractivity contribution is 5.79. The Morgan fingerprint density at radius 3 is 2.41 bits per heavy atom. The topological polar surface area (TPSA) is 157 Å². The molecule has 5 rings (SSSR count). The quantitative estimate of drug-likeness (QED) is 0.193. The molecule has 0 aromatic heterocycles. The Morgan fingerprint density at radius 1 is 1.10 bits per heavy atom. The summed E-state index contributed by atoms with van der Waals surface area (Å²) in [6, 6.07) is 0. The predicted molar refractivity (Wildman–Crippen MR) is 95.1 cm³/mol. The third kappa shape index (κ3) is 1.75. The van der Waals surface area contributed by atoms with Gasteiger partial charge in [-0.3, -0.25) is 0 Å². The monoisotopic (exact) mass is 412 g/mol. The summed E-state index contributed by atoms with van der Waals surface area (Å²) in [7, 11) is 0. The molecule has 4 fully saturated rings. The minimum atomic E-state index is -2.24. The Balaban J connectivity index is 1.82. The van der Waals surface area contributed by atoms with Crippen LogP contribution in [0.1, 0.15) is 27.2 Å². The van der Waals surface area contributed by atoms with Crippen molar-refractivity contribution in [2.24, 2.45) is 22.7 Å². The lowest BCUT2D eigenvalue weighted by atomic mass is 9.36. The van der Waals surface area contributed by atoms with Crippen molar-refractivity contribution < 1.29 is 44.9 Å². The number of carbonyl (C=O) groups excluding carboxylic acids is 1. The van der Waals surface area contributed by atoms with Gasteiger partial charge in [-0.2, -0.15) is 0 Å². The van der Waals surface area contributed by atoms with Gasteiger partial charge in [-0.05, 0) is 26.2 Å². The van der Waals surface area contributed by atoms with Crippen molar-refractivity contribution in [3.63, 3.8) is 0 Å². The molecule has 6 N–H and O–H groups in total. The van der Waals surface area contributed by atoms with Gasteiger partial charge >= 0.3 is 5.97 Å². The summed E-state index contributed by atoms with van der Waals surface area (Å²) >= 11 is 0. The van der Waals surface area contributed by atoms with Gasteiger partial charge < -0.3 is 40.1 Å². The van der Waals surface area contributed by atoms with Crippen LogP contribution >= 0.6 is 0 Å². The number of aliphatic hydroxyl groups is 6. The molecule has 5 aliphatic rings. The van der Waals surface area contributed by atoms with Gasteiger partial charge in [0.05, 0.1) is 30.3 Å². The molecule has 12 atom stereocenters. The number of carbonyl (C=O) groups is 1. The van der Waals surface area contributed by atoms with Crippen LogP contribution in [0.2, 0.25) is 0 Å². The van der Waals surface area contributed by atoms with Gasteiger partial charge in [0.1, 0.15) is 23.4 Å². The molecule has 2 bridgehead atoms. The number of rotatable bonds is 0. The molecule has 1 spiro atoms. The van der Waals surface area contributed by atoms with Crippen molar-refractivity contribution in [1.82, 2.24) is 0 Å². The Bertz CT molecular complexity index is 814. The standard InChI is InChI=1S/C20H28O9/c1-7-4-9(21)13(23)17(2)8(7)5-10-19-6-28-18(3,14(24)11(22)12(17)19)20(19,27)15(25)16(26)29-10/h4,8-15,21-25,27H,5-6H2,1-3H3. The second-order valence-electron chi connectivity index (χ2n) is 9.94. The fourth-order valence-corrected chi connectivity index (χ4v) is 7.72. The summed E-state index contributed by atoms with van der Waals surface area (Å²) < 4.78 is 11.4. The maximum absolute atomic E-state index is 12.5. The molecule has 29 heavy (non-hydrogen) atoms. The molecule has 0 aromatic carbocycles. The molecular weight excluding hydrogens is 384 g/mol. The van der Waals surface area contributed by atoms with Gasteiger partial charge in [-0.15, -0.1) is 0 Å². The SMILES string of the molecule is CC1=CC(O)C(O)C2(C)C1CC1OC(=O)C(O)C3(O)C4(C)OCC13C2C(O)C4O. The first-order valence-corrected chi connectivity index (χ1v) is 10.0. The van der Waals surface area contributed by atoms with Crippen LogP contribution in [-0.2, 0) is 14.3 Å². The first-order chi connectivity index (χ1) is 13.4. The normalized spacial score (nSPS) is 63.3. The second kappa shape index (κ2) is 5.40. The third-order valence-electron chi connectivity index (χ3n) is 9.13. The lowest BCUT2D eigenvalue weighted by Gasteiger charge is -2.70. The zero-order valence-corrected chi connectivity index (χ0v) is 16.5. The molecule has 3 aliphatic carbocycles. The van der Waals surface area contributed by atoms with Gasteiger partial charge in [-0.25, -0.2) is 4.79 Å². The molecule has 0 radical (unpaired) electrons. The van der Waals surface area contributed by atoms with Crippen molar-refractivity contribution in [2.45, 2.75) is 75.0 Å². The molecule has 0 aromatic rings. The molecular formula is C20H28O9. The fraction of sp³-hybridized carbons (Fsp3) is 0.850. The summed E-state index contributed by atoms with van der Waals surface area (Å²) in [5.41, 5.74) is -5.93. The molecule has 2 aliphatic heterocycles. The van der Waals surface area contributed by atoms with Crippen molar-refractivity contribution in [1.29, 1.82) is 0 Å². The van der Waals surface area contributed by atoms with Crippen LogP contribution in [0.25, 0.3) is 0 Å². The van der Waals surface area contributed by atoms with Crippen LogP contribution in [-0.4, -0.2) is 91.0 Å². The van der Waals surface area contributed by atoms with Crippen LogP contribution < -0.4 is 0 Å². The van der Waals surface area contributed by atoms with E-state index >= 15 is 0 Å². The Morgan fingerprint density at radius 2 is 1.76 bits per heavy atom. The number of fused-ring (bicyclic) bond motifs is 2. The van der Waals surface area contributed by atoms with E-state index in [1.54, 1.807) is 19.9 Å². The Hall–Kier alpha value is -1.07. The summed E-state index contributed by atoms with van der Waals surface area (Å²) in [6.45, 7) is 4.69. The highest BCUT2D eigenvalue weighted by atomic mass is 16.6. The number of ether oxygens (including phenoxy) is 2. The van der Waals surface area contributed by atoms with Gasteiger partial charge in [0.25, 0.3) is 0 Å². The molecule has 12 unspecified atom stereocenters. The molecule has 2 heterocycles. The summed E-state index contributed by atoms with van der Waals surface area (Å²) in [4.78, 5) is 12.5. The first kappa shape index (κ1) is 19.9. The van der Waals surface area contributed by atoms with Gasteiger partial charge in [0, 0.05) is 11.3 Å². The van der Waals surface area contributed by atoms with Crippen molar-refractivity contribution in [3.8, 4) is 0 Å². The van der Waals surface area contributed by atoms with E-state index in [1.165, 1.54) is 6.92 Å². The molecule has 0 amide bonds. The highest BCUT2D eigenvalue weighted by Crippen LogP contribution is 2.73. The summed E-state index contributed by atoms with van der Waals surface area (Å²) in [5, 5.41) is 66.5. The zero-order chi connectivity index (χ0) is 21.3. The molecule has 2 saturated carbocycles. The van der Waals surface area contributed by atoms with E-state index in [0.717, 1.165) is 5.57 Å². The highest BCUT2D eigenvalue weighted by Gasteiger charge is 2.88. The van der Waals surface area contributed by atoms with Crippen LogP contribution in [0.3, 0.4) is 0 Å². The average Bonchev–Trinajstić information content (AvgIpc) is 2.85. The smallest absolute Gasteiger partial charge is 0.338 e. The number of hydrogen-bond donors (Lipinski definition) is 6. The van der Waals surface area contributed by atoms with Gasteiger partial charge in [-0.1, -0.05) is 18.6 Å². The lowest BCUT2D eigenvalue weighted by molar-refractivity contribution is -0.355. The van der Waals surface area contributed by atoms with E-state index in [9.17, 15) is 35.4 Å². The van der Waals surface area contributed by atoms with E-state index < -0.39 is 70.5 Å². The molecule has 9 heteroatoms. The predicted octanol–water partition coefficient (Wildman–Crippen LogP) is -2.16. The Labute approximate surface area is 167 Å². The largest absolute Gasteiger partial charge is 0.460 e. The van der Waals surface area contributed by atoms with Gasteiger partial charge in [0.15, 0.2) is 6.10 Å². The maximum atomic E-state index is 12.5. The molecule has 162 valence electrons. The minimum Gasteiger partial charge on any atom is -0.460 e. The van der Waals surface area contributed by atoms with Crippen LogP contribution in [0, 0.1) is 22.7 Å². The number of hydrogen-bond acceptors (Lipinski definition) is 9. The number of aliphatic hydroxyl groups excluding tert-OH is 5. The molecule has 9 nitrogen and oxygen atoms in total. The van der Waals surface area contributed by atoms with E-state index in [1.807, 2.05) is 0 Å². The zero-order valence-electron chi connectivity index (χ0n) is 16.5.